The maximum atomic E-state index is 9.31. The Labute approximate surface area is 91.0 Å². The quantitative estimate of drug-likeness (QED) is 0.882. The van der Waals surface area contributed by atoms with E-state index in [0.717, 1.165) is 32.6 Å². The van der Waals surface area contributed by atoms with Crippen molar-refractivity contribution in [1.29, 1.82) is 0 Å². The number of ether oxygens (including phenoxy) is 1. The van der Waals surface area contributed by atoms with Crippen molar-refractivity contribution in [1.82, 2.24) is 9.78 Å². The zero-order valence-electron chi connectivity index (χ0n) is 7.82. The molecule has 4 nitrogen and oxygen atoms in total. The van der Waals surface area contributed by atoms with Crippen molar-refractivity contribution in [3.05, 3.63) is 10.8 Å². The molecule has 1 aliphatic heterocycles. The first-order valence-electron chi connectivity index (χ1n) is 4.75. The van der Waals surface area contributed by atoms with Gasteiger partial charge in [-0.25, -0.2) is 0 Å². The van der Waals surface area contributed by atoms with Gasteiger partial charge in [-0.2, -0.15) is 5.10 Å². The Morgan fingerprint density at radius 1 is 1.57 bits per heavy atom. The van der Waals surface area contributed by atoms with Crippen molar-refractivity contribution in [2.45, 2.75) is 19.4 Å². The molecular weight excluding hydrogens is 248 g/mol. The molecule has 0 amide bonds. The predicted octanol–water partition coefficient (Wildman–Crippen LogP) is 1.78. The fraction of sp³-hybridized carbons (Fsp3) is 0.667. The molecule has 1 aromatic rings. The van der Waals surface area contributed by atoms with E-state index in [1.54, 1.807) is 4.68 Å². The van der Waals surface area contributed by atoms with Crippen LogP contribution in [-0.4, -0.2) is 28.1 Å². The van der Waals surface area contributed by atoms with Crippen LogP contribution < -0.4 is 0 Å². The van der Waals surface area contributed by atoms with Gasteiger partial charge in [0.15, 0.2) is 5.75 Å². The lowest BCUT2D eigenvalue weighted by molar-refractivity contribution is 0.0599. The van der Waals surface area contributed by atoms with Gasteiger partial charge in [0.2, 0.25) is 0 Å². The summed E-state index contributed by atoms with van der Waals surface area (Å²) in [6.07, 6.45) is 3.61. The molecular formula is C9H13BrN2O2. The number of aromatic nitrogens is 2. The molecule has 78 valence electrons. The molecule has 1 aromatic heterocycles. The third kappa shape index (κ3) is 2.09. The summed E-state index contributed by atoms with van der Waals surface area (Å²) < 4.78 is 7.75. The van der Waals surface area contributed by atoms with Crippen molar-refractivity contribution in [3.8, 4) is 5.75 Å². The minimum absolute atomic E-state index is 0.206. The SMILES string of the molecule is Oc1cnn(CC2CCOCC2)c1Br. The van der Waals surface area contributed by atoms with Crippen LogP contribution in [0.3, 0.4) is 0 Å². The van der Waals surface area contributed by atoms with Gasteiger partial charge in [-0.1, -0.05) is 0 Å². The van der Waals surface area contributed by atoms with E-state index in [9.17, 15) is 5.11 Å². The topological polar surface area (TPSA) is 47.3 Å². The van der Waals surface area contributed by atoms with E-state index in [4.69, 9.17) is 4.74 Å². The second kappa shape index (κ2) is 4.31. The minimum atomic E-state index is 0.206. The molecule has 0 saturated carbocycles. The standard InChI is InChI=1S/C9H13BrN2O2/c10-9-8(13)5-11-12(9)6-7-1-3-14-4-2-7/h5,7,13H,1-4,6H2. The Balaban J connectivity index is 1.99. The van der Waals surface area contributed by atoms with Gasteiger partial charge in [-0.15, -0.1) is 0 Å². The lowest BCUT2D eigenvalue weighted by atomic mass is 10.0. The van der Waals surface area contributed by atoms with Gasteiger partial charge in [0.05, 0.1) is 6.20 Å². The average Bonchev–Trinajstić information content (AvgIpc) is 2.52. The number of nitrogens with zero attached hydrogens (tertiary/aromatic N) is 2. The van der Waals surface area contributed by atoms with E-state index in [1.807, 2.05) is 0 Å². The molecule has 0 aliphatic carbocycles. The third-order valence-electron chi connectivity index (χ3n) is 2.53. The molecule has 0 unspecified atom stereocenters. The number of rotatable bonds is 2. The van der Waals surface area contributed by atoms with Crippen LogP contribution in [-0.2, 0) is 11.3 Å². The van der Waals surface area contributed by atoms with E-state index in [-0.39, 0.29) is 5.75 Å². The molecule has 0 spiro atoms. The third-order valence-corrected chi connectivity index (χ3v) is 3.34. The second-order valence-electron chi connectivity index (χ2n) is 3.56. The fourth-order valence-corrected chi connectivity index (χ4v) is 2.00. The van der Waals surface area contributed by atoms with Crippen LogP contribution in [0.1, 0.15) is 12.8 Å². The molecule has 2 heterocycles. The van der Waals surface area contributed by atoms with Crippen molar-refractivity contribution >= 4 is 15.9 Å². The Bertz CT molecular complexity index is 308. The van der Waals surface area contributed by atoms with E-state index >= 15 is 0 Å². The molecule has 1 saturated heterocycles. The first-order chi connectivity index (χ1) is 6.77. The maximum Gasteiger partial charge on any atom is 0.168 e. The van der Waals surface area contributed by atoms with E-state index in [0.29, 0.717) is 10.5 Å². The normalized spacial score (nSPS) is 18.6. The average molecular weight is 261 g/mol. The van der Waals surface area contributed by atoms with Crippen molar-refractivity contribution < 1.29 is 9.84 Å². The Hall–Kier alpha value is -0.550. The van der Waals surface area contributed by atoms with Crippen LogP contribution in [0.5, 0.6) is 5.75 Å². The molecule has 14 heavy (non-hydrogen) atoms. The molecule has 0 radical (unpaired) electrons. The maximum absolute atomic E-state index is 9.31. The molecule has 1 aliphatic rings. The van der Waals surface area contributed by atoms with E-state index in [2.05, 4.69) is 21.0 Å². The first-order valence-corrected chi connectivity index (χ1v) is 5.54. The highest BCUT2D eigenvalue weighted by molar-refractivity contribution is 9.10. The fourth-order valence-electron chi connectivity index (χ4n) is 1.66. The molecule has 1 fully saturated rings. The van der Waals surface area contributed by atoms with Gasteiger partial charge >= 0.3 is 0 Å². The lowest BCUT2D eigenvalue weighted by Gasteiger charge is -2.21. The van der Waals surface area contributed by atoms with Crippen LogP contribution in [0.25, 0.3) is 0 Å². The Kier molecular flexibility index (Phi) is 3.08. The number of halogens is 1. The van der Waals surface area contributed by atoms with Crippen molar-refractivity contribution in [2.24, 2.45) is 5.92 Å². The lowest BCUT2D eigenvalue weighted by Crippen LogP contribution is -2.20. The second-order valence-corrected chi connectivity index (χ2v) is 4.31. The summed E-state index contributed by atoms with van der Waals surface area (Å²) in [6.45, 7) is 2.54. The molecule has 0 bridgehead atoms. The zero-order valence-corrected chi connectivity index (χ0v) is 9.40. The van der Waals surface area contributed by atoms with Crippen molar-refractivity contribution in [2.75, 3.05) is 13.2 Å². The molecule has 5 heteroatoms. The van der Waals surface area contributed by atoms with Gasteiger partial charge in [0.1, 0.15) is 4.60 Å². The summed E-state index contributed by atoms with van der Waals surface area (Å²) >= 11 is 3.30. The summed E-state index contributed by atoms with van der Waals surface area (Å²) in [5.74, 6) is 0.816. The van der Waals surface area contributed by atoms with E-state index in [1.165, 1.54) is 6.20 Å². The van der Waals surface area contributed by atoms with Crippen LogP contribution in [0.2, 0.25) is 0 Å². The summed E-state index contributed by atoms with van der Waals surface area (Å²) in [4.78, 5) is 0. The largest absolute Gasteiger partial charge is 0.504 e. The zero-order chi connectivity index (χ0) is 9.97. The minimum Gasteiger partial charge on any atom is -0.504 e. The summed E-state index contributed by atoms with van der Waals surface area (Å²) in [5.41, 5.74) is 0. The molecule has 1 N–H and O–H groups in total. The highest BCUT2D eigenvalue weighted by Gasteiger charge is 2.16. The van der Waals surface area contributed by atoms with Gasteiger partial charge in [0.25, 0.3) is 0 Å². The summed E-state index contributed by atoms with van der Waals surface area (Å²) in [7, 11) is 0. The van der Waals surface area contributed by atoms with Gasteiger partial charge in [-0.3, -0.25) is 4.68 Å². The van der Waals surface area contributed by atoms with Crippen LogP contribution in [0.15, 0.2) is 10.8 Å². The van der Waals surface area contributed by atoms with Gasteiger partial charge in [-0.05, 0) is 34.7 Å². The summed E-state index contributed by atoms with van der Waals surface area (Å²) in [5, 5.41) is 13.4. The number of aromatic hydroxyl groups is 1. The highest BCUT2D eigenvalue weighted by Crippen LogP contribution is 2.25. The number of hydrogen-bond donors (Lipinski definition) is 1. The predicted molar refractivity (Wildman–Crippen MR) is 55.1 cm³/mol. The summed E-state index contributed by atoms with van der Waals surface area (Å²) in [6, 6.07) is 0. The smallest absolute Gasteiger partial charge is 0.168 e. The van der Waals surface area contributed by atoms with E-state index < -0.39 is 0 Å². The van der Waals surface area contributed by atoms with Crippen molar-refractivity contribution in [3.63, 3.8) is 0 Å². The molecule has 0 atom stereocenters. The van der Waals surface area contributed by atoms with Crippen LogP contribution >= 0.6 is 15.9 Å². The molecule has 0 aromatic carbocycles. The Morgan fingerprint density at radius 3 is 2.86 bits per heavy atom. The number of hydrogen-bond acceptors (Lipinski definition) is 3. The monoisotopic (exact) mass is 260 g/mol. The van der Waals surface area contributed by atoms with Crippen LogP contribution in [0, 0.1) is 5.92 Å². The van der Waals surface area contributed by atoms with Gasteiger partial charge < -0.3 is 9.84 Å². The molecule has 2 rings (SSSR count). The van der Waals surface area contributed by atoms with Crippen LogP contribution in [0.4, 0.5) is 0 Å². The highest BCUT2D eigenvalue weighted by atomic mass is 79.9. The Morgan fingerprint density at radius 2 is 2.29 bits per heavy atom. The first kappa shape index (κ1) is 9.98. The van der Waals surface area contributed by atoms with Gasteiger partial charge in [0, 0.05) is 19.8 Å².